The molecule has 0 radical (unpaired) electrons. The lowest BCUT2D eigenvalue weighted by molar-refractivity contribution is -0.117. The molecule has 2 aromatic carbocycles. The number of nitrogens with one attached hydrogen (secondary N) is 2. The van der Waals surface area contributed by atoms with Gasteiger partial charge < -0.3 is 11.1 Å². The fourth-order valence-corrected chi connectivity index (χ4v) is 3.00. The molecule has 4 N–H and O–H groups in total. The van der Waals surface area contributed by atoms with Gasteiger partial charge in [0.15, 0.2) is 0 Å². The number of halogens is 1. The maximum absolute atomic E-state index is 12.2. The van der Waals surface area contributed by atoms with Crippen LogP contribution in [0.2, 0.25) is 0 Å². The Morgan fingerprint density at radius 3 is 2.38 bits per heavy atom. The van der Waals surface area contributed by atoms with Crippen LogP contribution in [0.1, 0.15) is 18.1 Å². The molecule has 8 heteroatoms. The normalized spacial score (nSPS) is 12.0. The van der Waals surface area contributed by atoms with Crippen molar-refractivity contribution < 1.29 is 13.2 Å². The molecule has 2 aromatic rings. The molecule has 1 atom stereocenters. The highest BCUT2D eigenvalue weighted by Crippen LogP contribution is 2.21. The van der Waals surface area contributed by atoms with Gasteiger partial charge in [-0.3, -0.25) is 9.52 Å². The standard InChI is InChI=1S/C18H23N3O3S.ClH/c1-3-25(23,24)21-17-10-9-15(11-13(17)2)20-18(22)16(19)12-14-7-5-4-6-8-14;/h4-11,16,21H,3,12,19H2,1-2H3,(H,20,22);1H/t16-;/m0./s1. The van der Waals surface area contributed by atoms with E-state index in [1.165, 1.54) is 0 Å². The van der Waals surface area contributed by atoms with Gasteiger partial charge in [-0.15, -0.1) is 12.4 Å². The lowest BCUT2D eigenvalue weighted by Gasteiger charge is -2.14. The van der Waals surface area contributed by atoms with Crippen LogP contribution in [0.4, 0.5) is 11.4 Å². The first-order chi connectivity index (χ1) is 11.8. The van der Waals surface area contributed by atoms with Crippen molar-refractivity contribution in [2.24, 2.45) is 5.73 Å². The molecule has 0 spiro atoms. The third kappa shape index (κ3) is 6.33. The fraction of sp³-hybridized carbons (Fsp3) is 0.278. The summed E-state index contributed by atoms with van der Waals surface area (Å²) in [5.74, 6) is -0.288. The summed E-state index contributed by atoms with van der Waals surface area (Å²) in [6.07, 6.45) is 0.444. The van der Waals surface area contributed by atoms with Gasteiger partial charge in [0.25, 0.3) is 0 Å². The van der Waals surface area contributed by atoms with E-state index < -0.39 is 16.1 Å². The van der Waals surface area contributed by atoms with Crippen LogP contribution in [0.3, 0.4) is 0 Å². The molecule has 0 aliphatic rings. The second-order valence-corrected chi connectivity index (χ2v) is 7.83. The van der Waals surface area contributed by atoms with Gasteiger partial charge >= 0.3 is 0 Å². The SMILES string of the molecule is CCS(=O)(=O)Nc1ccc(NC(=O)[C@@H](N)Cc2ccccc2)cc1C.Cl. The second kappa shape index (κ2) is 9.56. The minimum absolute atomic E-state index is 0. The van der Waals surface area contributed by atoms with E-state index in [9.17, 15) is 13.2 Å². The molecule has 0 unspecified atom stereocenters. The van der Waals surface area contributed by atoms with Crippen molar-refractivity contribution >= 4 is 39.7 Å². The van der Waals surface area contributed by atoms with Crippen LogP contribution < -0.4 is 15.8 Å². The minimum atomic E-state index is -3.34. The molecule has 6 nitrogen and oxygen atoms in total. The van der Waals surface area contributed by atoms with Gasteiger partial charge in [0.05, 0.1) is 17.5 Å². The van der Waals surface area contributed by atoms with Crippen LogP contribution >= 0.6 is 12.4 Å². The van der Waals surface area contributed by atoms with E-state index in [-0.39, 0.29) is 24.1 Å². The van der Waals surface area contributed by atoms with Crippen LogP contribution in [-0.4, -0.2) is 26.1 Å². The van der Waals surface area contributed by atoms with Gasteiger partial charge in [0.2, 0.25) is 15.9 Å². The van der Waals surface area contributed by atoms with Crippen LogP contribution in [0.25, 0.3) is 0 Å². The van der Waals surface area contributed by atoms with Gasteiger partial charge in [-0.2, -0.15) is 0 Å². The predicted octanol–water partition coefficient (Wildman–Crippen LogP) is 2.69. The molecule has 1 amide bonds. The predicted molar refractivity (Wildman–Crippen MR) is 108 cm³/mol. The van der Waals surface area contributed by atoms with Crippen molar-refractivity contribution in [3.63, 3.8) is 0 Å². The number of hydrogen-bond acceptors (Lipinski definition) is 4. The highest BCUT2D eigenvalue weighted by atomic mass is 35.5. The molecule has 142 valence electrons. The van der Waals surface area contributed by atoms with Crippen LogP contribution in [-0.2, 0) is 21.2 Å². The van der Waals surface area contributed by atoms with E-state index in [0.29, 0.717) is 23.4 Å². The first-order valence-electron chi connectivity index (χ1n) is 8.02. The average molecular weight is 398 g/mol. The Balaban J connectivity index is 0.00000338. The van der Waals surface area contributed by atoms with Gasteiger partial charge in [-0.25, -0.2) is 8.42 Å². The van der Waals surface area contributed by atoms with Crippen LogP contribution in [0, 0.1) is 6.92 Å². The van der Waals surface area contributed by atoms with Crippen molar-refractivity contribution in [3.8, 4) is 0 Å². The molecule has 0 fully saturated rings. The molecule has 0 aliphatic carbocycles. The number of amides is 1. The summed E-state index contributed by atoms with van der Waals surface area (Å²) in [5, 5.41) is 2.77. The molecule has 0 saturated heterocycles. The highest BCUT2D eigenvalue weighted by Gasteiger charge is 2.15. The average Bonchev–Trinajstić information content (AvgIpc) is 2.58. The van der Waals surface area contributed by atoms with Crippen LogP contribution in [0.5, 0.6) is 0 Å². The Morgan fingerprint density at radius 2 is 1.81 bits per heavy atom. The zero-order chi connectivity index (χ0) is 18.4. The van der Waals surface area contributed by atoms with E-state index >= 15 is 0 Å². The van der Waals surface area contributed by atoms with Crippen molar-refractivity contribution in [3.05, 3.63) is 59.7 Å². The Kier molecular flexibility index (Phi) is 8.08. The summed E-state index contributed by atoms with van der Waals surface area (Å²) in [5.41, 5.74) is 8.74. The quantitative estimate of drug-likeness (QED) is 0.668. The minimum Gasteiger partial charge on any atom is -0.325 e. The number of sulfonamides is 1. The number of benzene rings is 2. The summed E-state index contributed by atoms with van der Waals surface area (Å²) in [4.78, 5) is 12.2. The smallest absolute Gasteiger partial charge is 0.241 e. The van der Waals surface area contributed by atoms with E-state index in [4.69, 9.17) is 5.73 Å². The molecule has 0 heterocycles. The molecule has 0 aromatic heterocycles. The van der Waals surface area contributed by atoms with Crippen molar-refractivity contribution in [2.75, 3.05) is 15.8 Å². The monoisotopic (exact) mass is 397 g/mol. The molecular weight excluding hydrogens is 374 g/mol. The maximum atomic E-state index is 12.2. The Hall–Kier alpha value is -2.09. The summed E-state index contributed by atoms with van der Waals surface area (Å²) in [6.45, 7) is 3.34. The van der Waals surface area contributed by atoms with Crippen LogP contribution in [0.15, 0.2) is 48.5 Å². The Morgan fingerprint density at radius 1 is 1.15 bits per heavy atom. The molecule has 0 aliphatic heterocycles. The topological polar surface area (TPSA) is 101 Å². The molecular formula is C18H24ClN3O3S. The molecule has 0 saturated carbocycles. The molecule has 26 heavy (non-hydrogen) atoms. The zero-order valence-corrected chi connectivity index (χ0v) is 16.4. The van der Waals surface area contributed by atoms with Crippen molar-refractivity contribution in [1.29, 1.82) is 0 Å². The summed E-state index contributed by atoms with van der Waals surface area (Å²) < 4.78 is 25.8. The third-order valence-electron chi connectivity index (χ3n) is 3.77. The third-order valence-corrected chi connectivity index (χ3v) is 5.07. The fourth-order valence-electron chi connectivity index (χ4n) is 2.29. The zero-order valence-electron chi connectivity index (χ0n) is 14.7. The van der Waals surface area contributed by atoms with Gasteiger partial charge in [-0.1, -0.05) is 30.3 Å². The van der Waals surface area contributed by atoms with Crippen molar-refractivity contribution in [1.82, 2.24) is 0 Å². The van der Waals surface area contributed by atoms with E-state index in [1.54, 1.807) is 32.0 Å². The lowest BCUT2D eigenvalue weighted by atomic mass is 10.1. The number of rotatable bonds is 7. The lowest BCUT2D eigenvalue weighted by Crippen LogP contribution is -2.37. The Bertz CT molecular complexity index is 842. The number of hydrogen-bond donors (Lipinski definition) is 3. The maximum Gasteiger partial charge on any atom is 0.241 e. The number of anilines is 2. The second-order valence-electron chi connectivity index (χ2n) is 5.82. The molecule has 0 bridgehead atoms. The summed E-state index contributed by atoms with van der Waals surface area (Å²) in [6, 6.07) is 13.9. The number of nitrogens with two attached hydrogens (primary N) is 1. The first kappa shape index (κ1) is 22.0. The first-order valence-corrected chi connectivity index (χ1v) is 9.67. The summed E-state index contributed by atoms with van der Waals surface area (Å²) >= 11 is 0. The summed E-state index contributed by atoms with van der Waals surface area (Å²) in [7, 11) is -3.34. The van der Waals surface area contributed by atoms with E-state index in [2.05, 4.69) is 10.0 Å². The highest BCUT2D eigenvalue weighted by molar-refractivity contribution is 7.92. The van der Waals surface area contributed by atoms with Crippen molar-refractivity contribution in [2.45, 2.75) is 26.3 Å². The largest absolute Gasteiger partial charge is 0.325 e. The number of aryl methyl sites for hydroxylation is 1. The van der Waals surface area contributed by atoms with E-state index in [1.807, 2.05) is 30.3 Å². The van der Waals surface area contributed by atoms with Gasteiger partial charge in [-0.05, 0) is 49.6 Å². The number of carbonyl (C=O) groups excluding carboxylic acids is 1. The van der Waals surface area contributed by atoms with Gasteiger partial charge in [0.1, 0.15) is 0 Å². The van der Waals surface area contributed by atoms with E-state index in [0.717, 1.165) is 5.56 Å². The Labute approximate surface area is 160 Å². The number of carbonyl (C=O) groups is 1. The molecule has 2 rings (SSSR count). The van der Waals surface area contributed by atoms with Gasteiger partial charge in [0, 0.05) is 5.69 Å².